The van der Waals surface area contributed by atoms with Crippen LogP contribution >= 0.6 is 34.3 Å². The van der Waals surface area contributed by atoms with E-state index in [1.54, 1.807) is 6.07 Å². The van der Waals surface area contributed by atoms with Crippen LogP contribution in [-0.4, -0.2) is 144 Å². The van der Waals surface area contributed by atoms with Crippen LogP contribution in [0.4, 0.5) is 27.7 Å². The van der Waals surface area contributed by atoms with Crippen molar-refractivity contribution in [2.24, 2.45) is 0 Å². The van der Waals surface area contributed by atoms with Gasteiger partial charge < -0.3 is 20.9 Å². The Morgan fingerprint density at radius 2 is 1.22 bits per heavy atom. The summed E-state index contributed by atoms with van der Waals surface area (Å²) in [6.07, 6.45) is 7.45. The monoisotopic (exact) mass is 846 g/mol. The van der Waals surface area contributed by atoms with Gasteiger partial charge in [0, 0.05) is 76.6 Å². The summed E-state index contributed by atoms with van der Waals surface area (Å²) in [6.45, 7) is 7.23. The van der Waals surface area contributed by atoms with Crippen LogP contribution < -0.4 is 20.9 Å². The molecule has 0 aliphatic carbocycles. The van der Waals surface area contributed by atoms with Crippen LogP contribution in [0.25, 0.3) is 0 Å². The number of nitrogens with one attached hydrogen (secondary N) is 3. The largest absolute Gasteiger partial charge is 0.354 e. The maximum atomic E-state index is 11.7. The van der Waals surface area contributed by atoms with Gasteiger partial charge in [-0.2, -0.15) is 10.5 Å². The molecule has 0 bridgehead atoms. The molecule has 18 nitrogen and oxygen atoms in total. The summed E-state index contributed by atoms with van der Waals surface area (Å²) in [6, 6.07) is 7.96. The van der Waals surface area contributed by atoms with Crippen molar-refractivity contribution in [3.63, 3.8) is 0 Å². The predicted molar refractivity (Wildman–Crippen MR) is 212 cm³/mol. The highest BCUT2D eigenvalue weighted by molar-refractivity contribution is 7.91. The molecular formula is C32H39ClN14O4S4. The minimum Gasteiger partial charge on any atom is -0.354 e. The molecule has 0 spiro atoms. The fourth-order valence-electron chi connectivity index (χ4n) is 6.47. The van der Waals surface area contributed by atoms with E-state index in [0.717, 1.165) is 71.0 Å². The molecule has 0 aromatic carbocycles. The van der Waals surface area contributed by atoms with Gasteiger partial charge in [-0.15, -0.1) is 0 Å². The van der Waals surface area contributed by atoms with Gasteiger partial charge in [0.05, 0.1) is 35.4 Å². The molecular weight excluding hydrogens is 808 g/mol. The number of piperazine rings is 2. The molecule has 23 heteroatoms. The molecule has 4 saturated heterocycles. The molecule has 292 valence electrons. The van der Waals surface area contributed by atoms with Gasteiger partial charge in [-0.05, 0) is 12.8 Å². The minimum absolute atomic E-state index is 0.152. The fourth-order valence-corrected chi connectivity index (χ4v) is 11.4. The van der Waals surface area contributed by atoms with E-state index in [1.807, 2.05) is 12.1 Å². The van der Waals surface area contributed by atoms with E-state index in [2.05, 4.69) is 66.6 Å². The van der Waals surface area contributed by atoms with Gasteiger partial charge in [0.2, 0.25) is 0 Å². The Balaban J connectivity index is 0.000000155. The summed E-state index contributed by atoms with van der Waals surface area (Å²) in [5.41, 5.74) is 0. The average Bonchev–Trinajstić information content (AvgIpc) is 4.00. The highest BCUT2D eigenvalue weighted by Crippen LogP contribution is 2.25. The molecule has 4 aliphatic rings. The number of sulfone groups is 2. The minimum atomic E-state index is -2.86. The third-order valence-electron chi connectivity index (χ3n) is 9.23. The summed E-state index contributed by atoms with van der Waals surface area (Å²) in [4.78, 5) is 32.3. The Kier molecular flexibility index (Phi) is 13.8. The first-order valence-electron chi connectivity index (χ1n) is 17.4. The smallest absolute Gasteiger partial charge is 0.189 e. The van der Waals surface area contributed by atoms with Crippen LogP contribution in [0.3, 0.4) is 0 Å². The van der Waals surface area contributed by atoms with Gasteiger partial charge in [-0.25, -0.2) is 46.7 Å². The SMILES string of the molecule is N#Cc1cnc(Nc2cc(Cl)ncn2)s1.N#Cc1cnc(Nc2cc(N3CCN(C4CCS(=O)(=O)C4)CC3)ncn2)s1.O=S1(=O)CCC(N2CCNCC2)C1. The van der Waals surface area contributed by atoms with Gasteiger partial charge >= 0.3 is 0 Å². The van der Waals surface area contributed by atoms with E-state index in [9.17, 15) is 16.8 Å². The number of nitriles is 2. The van der Waals surface area contributed by atoms with Crippen LogP contribution in [0, 0.1) is 22.7 Å². The lowest BCUT2D eigenvalue weighted by Gasteiger charge is -2.38. The highest BCUT2D eigenvalue weighted by atomic mass is 35.5. The van der Waals surface area contributed by atoms with E-state index in [0.29, 0.717) is 60.1 Å². The van der Waals surface area contributed by atoms with Crippen molar-refractivity contribution < 1.29 is 16.8 Å². The standard InChI is InChI=1S/C16H19N7O2S2.C8H4ClN5S.C8H16N2O2S/c17-8-13-9-18-16(26-13)21-14-7-15(20-11-19-14)23-4-2-22(3-5-23)12-1-6-27(24,25)10-12;9-6-1-7(13-4-12-6)14-8-11-3-5(2-10)15-8;11-13(12)6-1-8(7-13)10-4-2-9-3-5-10/h7,9,11-12H,1-6,10H2,(H,18,19,20,21);1,3-4H,(H,11,12,13,14);8-9H,1-7H2. The van der Waals surface area contributed by atoms with Crippen molar-refractivity contribution in [2.75, 3.05) is 90.9 Å². The molecule has 0 radical (unpaired) electrons. The van der Waals surface area contributed by atoms with E-state index in [4.69, 9.17) is 22.1 Å². The lowest BCUT2D eigenvalue weighted by atomic mass is 10.2. The second-order valence-electron chi connectivity index (χ2n) is 12.9. The van der Waals surface area contributed by atoms with E-state index in [1.165, 1.54) is 47.7 Å². The van der Waals surface area contributed by atoms with Crippen molar-refractivity contribution in [2.45, 2.75) is 24.9 Å². The second kappa shape index (κ2) is 18.7. The number of thiazole rings is 2. The first-order chi connectivity index (χ1) is 26.5. The van der Waals surface area contributed by atoms with Crippen molar-refractivity contribution >= 4 is 81.7 Å². The number of hydrogen-bond donors (Lipinski definition) is 3. The van der Waals surface area contributed by atoms with Gasteiger partial charge in [-0.3, -0.25) is 9.80 Å². The molecule has 8 rings (SSSR count). The molecule has 2 unspecified atom stereocenters. The molecule has 0 saturated carbocycles. The predicted octanol–water partition coefficient (Wildman–Crippen LogP) is 2.14. The van der Waals surface area contributed by atoms with Crippen LogP contribution in [0.1, 0.15) is 22.6 Å². The zero-order valence-corrected chi connectivity index (χ0v) is 33.6. The fraction of sp³-hybridized carbons (Fsp3) is 0.500. The molecule has 8 heterocycles. The Hall–Kier alpha value is -4.13. The molecule has 3 N–H and O–H groups in total. The molecule has 4 aromatic rings. The second-order valence-corrected chi connectivity index (χ2v) is 19.8. The summed E-state index contributed by atoms with van der Waals surface area (Å²) >= 11 is 8.20. The molecule has 4 aromatic heterocycles. The third-order valence-corrected chi connectivity index (χ3v) is 14.6. The highest BCUT2D eigenvalue weighted by Gasteiger charge is 2.34. The van der Waals surface area contributed by atoms with Gasteiger partial charge in [0.25, 0.3) is 0 Å². The number of anilines is 5. The maximum absolute atomic E-state index is 11.7. The van der Waals surface area contributed by atoms with Crippen molar-refractivity contribution in [3.8, 4) is 12.1 Å². The summed E-state index contributed by atoms with van der Waals surface area (Å²) in [7, 11) is -5.56. The lowest BCUT2D eigenvalue weighted by Crippen LogP contribution is -2.51. The molecule has 55 heavy (non-hydrogen) atoms. The first-order valence-corrected chi connectivity index (χ1v) is 23.0. The number of halogens is 1. The lowest BCUT2D eigenvalue weighted by molar-refractivity contribution is 0.187. The summed E-state index contributed by atoms with van der Waals surface area (Å²) in [5.74, 6) is 3.37. The van der Waals surface area contributed by atoms with Crippen molar-refractivity contribution in [3.05, 3.63) is 52.1 Å². The number of nitrogens with zero attached hydrogens (tertiary/aromatic N) is 11. The number of aromatic nitrogens is 6. The average molecular weight is 847 g/mol. The normalized spacial score (nSPS) is 21.9. The first kappa shape index (κ1) is 40.5. The molecule has 0 amide bonds. The Morgan fingerprint density at radius 1 is 0.709 bits per heavy atom. The Labute approximate surface area is 332 Å². The number of hydrogen-bond acceptors (Lipinski definition) is 20. The quantitative estimate of drug-likeness (QED) is 0.226. The maximum Gasteiger partial charge on any atom is 0.189 e. The molecule has 4 aliphatic heterocycles. The van der Waals surface area contributed by atoms with Gasteiger partial charge in [-0.1, -0.05) is 34.3 Å². The van der Waals surface area contributed by atoms with Crippen LogP contribution in [-0.2, 0) is 19.7 Å². The van der Waals surface area contributed by atoms with Crippen molar-refractivity contribution in [1.29, 1.82) is 10.5 Å². The van der Waals surface area contributed by atoms with Crippen molar-refractivity contribution in [1.82, 2.24) is 45.0 Å². The van der Waals surface area contributed by atoms with Gasteiger partial charge in [0.15, 0.2) is 29.9 Å². The Morgan fingerprint density at radius 3 is 1.69 bits per heavy atom. The van der Waals surface area contributed by atoms with E-state index >= 15 is 0 Å². The van der Waals surface area contributed by atoms with Crippen LogP contribution in [0.5, 0.6) is 0 Å². The molecule has 2 atom stereocenters. The van der Waals surface area contributed by atoms with E-state index in [-0.39, 0.29) is 11.8 Å². The van der Waals surface area contributed by atoms with Crippen LogP contribution in [0.2, 0.25) is 5.15 Å². The Bertz CT molecular complexity index is 2210. The van der Waals surface area contributed by atoms with Gasteiger partial charge in [0.1, 0.15) is 57.2 Å². The van der Waals surface area contributed by atoms with Crippen LogP contribution in [0.15, 0.2) is 37.2 Å². The molecule has 4 fully saturated rings. The number of rotatable bonds is 7. The van der Waals surface area contributed by atoms with E-state index < -0.39 is 19.7 Å². The third kappa shape index (κ3) is 11.9. The zero-order chi connectivity index (χ0) is 38.8. The topological polar surface area (TPSA) is 239 Å². The zero-order valence-electron chi connectivity index (χ0n) is 29.6. The summed E-state index contributed by atoms with van der Waals surface area (Å²) < 4.78 is 45.9. The summed E-state index contributed by atoms with van der Waals surface area (Å²) in [5, 5.41) is 28.3.